The summed E-state index contributed by atoms with van der Waals surface area (Å²) in [6.45, 7) is 1.58. The molecular formula is C12H15NO3. The summed E-state index contributed by atoms with van der Waals surface area (Å²) >= 11 is 0. The van der Waals surface area contributed by atoms with E-state index in [1.54, 1.807) is 11.0 Å². The van der Waals surface area contributed by atoms with Crippen molar-refractivity contribution in [2.45, 2.75) is 12.8 Å². The molecule has 1 fully saturated rings. The molecule has 86 valence electrons. The van der Waals surface area contributed by atoms with Crippen molar-refractivity contribution in [3.05, 3.63) is 23.8 Å². The highest BCUT2D eigenvalue weighted by Gasteiger charge is 2.22. The third-order valence-corrected chi connectivity index (χ3v) is 2.81. The molecule has 2 rings (SSSR count). The predicted octanol–water partition coefficient (Wildman–Crippen LogP) is 1.64. The number of carbonyl (C=O) groups is 1. The van der Waals surface area contributed by atoms with E-state index in [1.807, 2.05) is 0 Å². The number of phenols is 1. The fourth-order valence-electron chi connectivity index (χ4n) is 1.95. The first-order valence-electron chi connectivity index (χ1n) is 5.38. The van der Waals surface area contributed by atoms with Crippen molar-refractivity contribution >= 4 is 5.91 Å². The fourth-order valence-corrected chi connectivity index (χ4v) is 1.95. The number of phenolic OH excluding ortho intramolecular Hbond substituents is 1. The minimum atomic E-state index is -0.0646. The molecule has 0 saturated carbocycles. The van der Waals surface area contributed by atoms with Gasteiger partial charge in [-0.1, -0.05) is 0 Å². The number of amides is 1. The standard InChI is InChI=1S/C12H15NO3/c1-16-11-5-4-9(14)8-10(11)12(15)13-6-2-3-7-13/h4-5,8,14H,2-3,6-7H2,1H3. The maximum absolute atomic E-state index is 12.1. The Morgan fingerprint density at radius 3 is 2.69 bits per heavy atom. The van der Waals surface area contributed by atoms with Gasteiger partial charge >= 0.3 is 0 Å². The lowest BCUT2D eigenvalue weighted by atomic mass is 10.1. The lowest BCUT2D eigenvalue weighted by molar-refractivity contribution is 0.0789. The molecule has 1 aromatic rings. The molecule has 1 aliphatic heterocycles. The van der Waals surface area contributed by atoms with E-state index >= 15 is 0 Å². The Morgan fingerprint density at radius 1 is 1.38 bits per heavy atom. The number of nitrogens with zero attached hydrogens (tertiary/aromatic N) is 1. The first kappa shape index (κ1) is 10.8. The molecule has 1 aromatic carbocycles. The Bertz CT molecular complexity index is 397. The molecule has 0 bridgehead atoms. The summed E-state index contributed by atoms with van der Waals surface area (Å²) in [5.74, 6) is 0.531. The van der Waals surface area contributed by atoms with E-state index in [-0.39, 0.29) is 11.7 Å². The van der Waals surface area contributed by atoms with Gasteiger partial charge in [-0.25, -0.2) is 0 Å². The van der Waals surface area contributed by atoms with Crippen LogP contribution in [0.25, 0.3) is 0 Å². The fraction of sp³-hybridized carbons (Fsp3) is 0.417. The number of carbonyl (C=O) groups excluding carboxylic acids is 1. The van der Waals surface area contributed by atoms with Crippen LogP contribution in [0.1, 0.15) is 23.2 Å². The Hall–Kier alpha value is -1.71. The average Bonchev–Trinajstić information content (AvgIpc) is 2.81. The molecule has 1 aliphatic rings. The molecule has 0 spiro atoms. The highest BCUT2D eigenvalue weighted by molar-refractivity contribution is 5.97. The molecule has 0 aromatic heterocycles. The van der Waals surface area contributed by atoms with Crippen molar-refractivity contribution in [3.63, 3.8) is 0 Å². The van der Waals surface area contributed by atoms with Gasteiger partial charge in [0.25, 0.3) is 5.91 Å². The van der Waals surface area contributed by atoms with E-state index < -0.39 is 0 Å². The summed E-state index contributed by atoms with van der Waals surface area (Å²) in [7, 11) is 1.52. The first-order chi connectivity index (χ1) is 7.72. The molecule has 0 atom stereocenters. The molecule has 0 unspecified atom stereocenters. The van der Waals surface area contributed by atoms with E-state index in [0.29, 0.717) is 11.3 Å². The van der Waals surface area contributed by atoms with E-state index in [1.165, 1.54) is 19.2 Å². The second-order valence-corrected chi connectivity index (χ2v) is 3.88. The molecule has 1 amide bonds. The molecule has 4 heteroatoms. The second-order valence-electron chi connectivity index (χ2n) is 3.88. The minimum Gasteiger partial charge on any atom is -0.508 e. The van der Waals surface area contributed by atoms with Crippen molar-refractivity contribution in [1.29, 1.82) is 0 Å². The van der Waals surface area contributed by atoms with Gasteiger partial charge in [-0.15, -0.1) is 0 Å². The summed E-state index contributed by atoms with van der Waals surface area (Å²) in [6, 6.07) is 4.58. The molecule has 0 aliphatic carbocycles. The third kappa shape index (κ3) is 1.96. The summed E-state index contributed by atoms with van der Waals surface area (Å²) in [6.07, 6.45) is 2.10. The molecule has 1 heterocycles. The van der Waals surface area contributed by atoms with Gasteiger partial charge < -0.3 is 14.7 Å². The van der Waals surface area contributed by atoms with Gasteiger partial charge in [0, 0.05) is 13.1 Å². The molecule has 4 nitrogen and oxygen atoms in total. The van der Waals surface area contributed by atoms with Gasteiger partial charge in [0.15, 0.2) is 0 Å². The largest absolute Gasteiger partial charge is 0.508 e. The summed E-state index contributed by atoms with van der Waals surface area (Å²) in [5, 5.41) is 9.40. The molecule has 0 radical (unpaired) electrons. The summed E-state index contributed by atoms with van der Waals surface area (Å²) in [4.78, 5) is 13.9. The number of benzene rings is 1. The number of hydrogen-bond acceptors (Lipinski definition) is 3. The number of ether oxygens (including phenoxy) is 1. The van der Waals surface area contributed by atoms with Crippen LogP contribution >= 0.6 is 0 Å². The van der Waals surface area contributed by atoms with Crippen molar-refractivity contribution in [1.82, 2.24) is 4.90 Å². The Kier molecular flexibility index (Phi) is 2.99. The Labute approximate surface area is 94.4 Å². The molecule has 1 N–H and O–H groups in total. The van der Waals surface area contributed by atoms with Crippen LogP contribution in [0.5, 0.6) is 11.5 Å². The van der Waals surface area contributed by atoms with Crippen LogP contribution in [0.4, 0.5) is 0 Å². The van der Waals surface area contributed by atoms with E-state index in [9.17, 15) is 9.90 Å². The highest BCUT2D eigenvalue weighted by atomic mass is 16.5. The van der Waals surface area contributed by atoms with Crippen LogP contribution in [0.2, 0.25) is 0 Å². The third-order valence-electron chi connectivity index (χ3n) is 2.81. The highest BCUT2D eigenvalue weighted by Crippen LogP contribution is 2.25. The normalized spacial score (nSPS) is 15.2. The zero-order valence-corrected chi connectivity index (χ0v) is 9.27. The lowest BCUT2D eigenvalue weighted by Crippen LogP contribution is -2.27. The molecule has 16 heavy (non-hydrogen) atoms. The van der Waals surface area contributed by atoms with E-state index in [4.69, 9.17) is 4.74 Å². The quantitative estimate of drug-likeness (QED) is 0.825. The van der Waals surface area contributed by atoms with Crippen LogP contribution in [0.3, 0.4) is 0 Å². The minimum absolute atomic E-state index is 0.0646. The summed E-state index contributed by atoms with van der Waals surface area (Å²) < 4.78 is 5.12. The maximum Gasteiger partial charge on any atom is 0.257 e. The predicted molar refractivity (Wildman–Crippen MR) is 59.8 cm³/mol. The maximum atomic E-state index is 12.1. The van der Waals surface area contributed by atoms with Crippen molar-refractivity contribution in [3.8, 4) is 11.5 Å². The number of hydrogen-bond donors (Lipinski definition) is 1. The first-order valence-corrected chi connectivity index (χ1v) is 5.38. The number of methoxy groups -OCH3 is 1. The van der Waals surface area contributed by atoms with Gasteiger partial charge in [-0.2, -0.15) is 0 Å². The Balaban J connectivity index is 2.30. The number of rotatable bonds is 2. The smallest absolute Gasteiger partial charge is 0.257 e. The van der Waals surface area contributed by atoms with Gasteiger partial charge in [-0.3, -0.25) is 4.79 Å². The Morgan fingerprint density at radius 2 is 2.06 bits per heavy atom. The van der Waals surface area contributed by atoms with Crippen molar-refractivity contribution < 1.29 is 14.6 Å². The van der Waals surface area contributed by atoms with Gasteiger partial charge in [0.05, 0.1) is 12.7 Å². The topological polar surface area (TPSA) is 49.8 Å². The lowest BCUT2D eigenvalue weighted by Gasteiger charge is -2.17. The average molecular weight is 221 g/mol. The molecular weight excluding hydrogens is 206 g/mol. The van der Waals surface area contributed by atoms with Crippen LogP contribution in [-0.2, 0) is 0 Å². The number of likely N-dealkylation sites (tertiary alicyclic amines) is 1. The van der Waals surface area contributed by atoms with E-state index in [0.717, 1.165) is 25.9 Å². The van der Waals surface area contributed by atoms with Crippen molar-refractivity contribution in [2.24, 2.45) is 0 Å². The van der Waals surface area contributed by atoms with Crippen LogP contribution in [-0.4, -0.2) is 36.1 Å². The van der Waals surface area contributed by atoms with Crippen LogP contribution in [0, 0.1) is 0 Å². The summed E-state index contributed by atoms with van der Waals surface area (Å²) in [5.41, 5.74) is 0.435. The molecule has 1 saturated heterocycles. The van der Waals surface area contributed by atoms with Crippen molar-refractivity contribution in [2.75, 3.05) is 20.2 Å². The van der Waals surface area contributed by atoms with Crippen LogP contribution in [0.15, 0.2) is 18.2 Å². The number of aromatic hydroxyl groups is 1. The zero-order chi connectivity index (χ0) is 11.5. The van der Waals surface area contributed by atoms with Crippen LogP contribution < -0.4 is 4.74 Å². The van der Waals surface area contributed by atoms with E-state index in [2.05, 4.69) is 0 Å². The van der Waals surface area contributed by atoms with Gasteiger partial charge in [-0.05, 0) is 31.0 Å². The zero-order valence-electron chi connectivity index (χ0n) is 9.27. The van der Waals surface area contributed by atoms with Gasteiger partial charge in [0.2, 0.25) is 0 Å². The second kappa shape index (κ2) is 4.43. The SMILES string of the molecule is COc1ccc(O)cc1C(=O)N1CCCC1. The van der Waals surface area contributed by atoms with Gasteiger partial charge in [0.1, 0.15) is 11.5 Å². The monoisotopic (exact) mass is 221 g/mol.